The van der Waals surface area contributed by atoms with Crippen molar-refractivity contribution in [2.45, 2.75) is 191 Å². The Morgan fingerprint density at radius 1 is 0.462 bits per heavy atom. The second kappa shape index (κ2) is 46.0. The molecule has 0 aromatic rings. The van der Waals surface area contributed by atoms with Crippen molar-refractivity contribution in [3.8, 4) is 0 Å². The van der Waals surface area contributed by atoms with Crippen molar-refractivity contribution in [3.05, 3.63) is 157 Å². The van der Waals surface area contributed by atoms with Gasteiger partial charge in [-0.25, -0.2) is 4.79 Å². The van der Waals surface area contributed by atoms with Gasteiger partial charge in [-0.05, 0) is 77.7 Å². The summed E-state index contributed by atoms with van der Waals surface area (Å²) in [5.74, 6) is -2.60. The van der Waals surface area contributed by atoms with Gasteiger partial charge in [0.2, 0.25) is 0 Å². The standard InChI is InChI=1S/C62H97NO15/c1-45(27-19-15-11-10-12-16-20-28-46(2)62(77)78)61(76)48(4)59(74)37-22-18-14-9-7-5-6-8-13-17-21-36-58(73)47(3)60(75)44-57(72)43-54(69)34-25-33-53(68)42-56(71)41-52(67)32-24-31-50(65)39-49(64)29-23-30-51(66)40-55(70)35-26-38-63/h5-10,12-14,16-25,27-29,32,34,37,45,47-59,61,64-74,76H,11,15,26,30-31,33,35-36,38-44,63H2,1-4H3,(H,77,78)/b6-5+,9-7+,12-10+,13-8+,18-14+,20-16+,21-17+,27-19+,29-23+,32-24+,34-25+,37-22+,46-28+. The van der Waals surface area contributed by atoms with Gasteiger partial charge in [0.15, 0.2) is 0 Å². The molecule has 0 aliphatic rings. The van der Waals surface area contributed by atoms with Crippen LogP contribution in [-0.2, 0) is 9.59 Å². The number of carbonyl (C=O) groups is 2. The van der Waals surface area contributed by atoms with E-state index in [0.717, 1.165) is 12.8 Å². The molecule has 0 aliphatic carbocycles. The first-order valence-electron chi connectivity index (χ1n) is 27.4. The number of nitrogens with two attached hydrogens (primary N) is 1. The van der Waals surface area contributed by atoms with Crippen LogP contribution in [0.5, 0.6) is 0 Å². The molecule has 0 heterocycles. The minimum Gasteiger partial charge on any atom is -0.478 e. The lowest BCUT2D eigenvalue weighted by molar-refractivity contribution is -0.132. The molecule has 0 aliphatic heterocycles. The van der Waals surface area contributed by atoms with Crippen molar-refractivity contribution in [3.63, 3.8) is 0 Å². The van der Waals surface area contributed by atoms with Gasteiger partial charge in [0, 0.05) is 49.0 Å². The number of rotatable bonds is 44. The highest BCUT2D eigenvalue weighted by atomic mass is 16.4. The molecule has 0 fully saturated rings. The van der Waals surface area contributed by atoms with E-state index in [0.29, 0.717) is 19.4 Å². The maximum absolute atomic E-state index is 12.8. The number of aliphatic hydroxyl groups is 12. The Balaban J connectivity index is 4.49. The zero-order chi connectivity index (χ0) is 58.7. The molecule has 0 bridgehead atoms. The van der Waals surface area contributed by atoms with Gasteiger partial charge in [-0.1, -0.05) is 173 Å². The van der Waals surface area contributed by atoms with Gasteiger partial charge in [-0.15, -0.1) is 0 Å². The second-order valence-corrected chi connectivity index (χ2v) is 20.0. The molecule has 0 radical (unpaired) electrons. The predicted octanol–water partition coefficient (Wildman–Crippen LogP) is 5.92. The number of carboxylic acids is 1. The molecular weight excluding hydrogens is 999 g/mol. The first-order valence-corrected chi connectivity index (χ1v) is 27.4. The molecule has 15 atom stereocenters. The summed E-state index contributed by atoms with van der Waals surface area (Å²) in [5.41, 5.74) is 5.69. The molecule has 0 spiro atoms. The van der Waals surface area contributed by atoms with Crippen molar-refractivity contribution >= 4 is 11.8 Å². The lowest BCUT2D eigenvalue weighted by Crippen LogP contribution is -2.32. The monoisotopic (exact) mass is 1100 g/mol. The summed E-state index contributed by atoms with van der Waals surface area (Å²) in [5, 5.41) is 133. The van der Waals surface area contributed by atoms with Crippen molar-refractivity contribution in [1.82, 2.24) is 0 Å². The summed E-state index contributed by atoms with van der Waals surface area (Å²) >= 11 is 0. The first kappa shape index (κ1) is 73.2. The van der Waals surface area contributed by atoms with E-state index in [2.05, 4.69) is 0 Å². The SMILES string of the molecule is C\C(=C/C=C/C=C/CC/C=C/C(C)C(O)C(C)C(O)/C=C/C=C/C=C/C=C/C=C/C=C/CC(O)C(C)C(=O)CC(O)CC(O)/C=C/CC(O)CC(O)CC(O)/C=C/CC(O)CC(O)/C=C/CC(O)CC(O)CCCN)C(=O)O. The number of aliphatic hydroxyl groups excluding tert-OH is 12. The largest absolute Gasteiger partial charge is 0.478 e. The highest BCUT2D eigenvalue weighted by molar-refractivity contribution is 5.86. The van der Waals surface area contributed by atoms with Crippen molar-refractivity contribution < 1.29 is 76.0 Å². The topological polar surface area (TPSA) is 323 Å². The third-order valence-electron chi connectivity index (χ3n) is 12.6. The van der Waals surface area contributed by atoms with Crippen molar-refractivity contribution in [1.29, 1.82) is 0 Å². The van der Waals surface area contributed by atoms with E-state index in [1.165, 1.54) is 43.4 Å². The van der Waals surface area contributed by atoms with Gasteiger partial charge >= 0.3 is 5.97 Å². The van der Waals surface area contributed by atoms with E-state index in [4.69, 9.17) is 10.8 Å². The molecule has 0 saturated carbocycles. The summed E-state index contributed by atoms with van der Waals surface area (Å²) in [6, 6.07) is 0. The summed E-state index contributed by atoms with van der Waals surface area (Å²) in [6.45, 7) is 7.27. The van der Waals surface area contributed by atoms with Crippen LogP contribution in [0.25, 0.3) is 0 Å². The maximum Gasteiger partial charge on any atom is 0.331 e. The van der Waals surface area contributed by atoms with Crippen LogP contribution >= 0.6 is 0 Å². The van der Waals surface area contributed by atoms with Crippen LogP contribution in [0.3, 0.4) is 0 Å². The van der Waals surface area contributed by atoms with Gasteiger partial charge in [0.1, 0.15) is 5.78 Å². The van der Waals surface area contributed by atoms with Crippen LogP contribution < -0.4 is 5.73 Å². The predicted molar refractivity (Wildman–Crippen MR) is 309 cm³/mol. The van der Waals surface area contributed by atoms with E-state index < -0.39 is 85.1 Å². The summed E-state index contributed by atoms with van der Waals surface area (Å²) in [7, 11) is 0. The Kier molecular flexibility index (Phi) is 43.2. The molecule has 0 saturated heterocycles. The van der Waals surface area contributed by atoms with Gasteiger partial charge in [0.05, 0.1) is 73.2 Å². The maximum atomic E-state index is 12.8. The zero-order valence-corrected chi connectivity index (χ0v) is 46.4. The number of carboxylic acid groups (broad SMARTS) is 1. The molecule has 440 valence electrons. The summed E-state index contributed by atoms with van der Waals surface area (Å²) in [6.07, 6.45) is 34.8. The second-order valence-electron chi connectivity index (χ2n) is 20.0. The lowest BCUT2D eigenvalue weighted by Gasteiger charge is -2.25. The smallest absolute Gasteiger partial charge is 0.331 e. The van der Waals surface area contributed by atoms with E-state index in [1.807, 2.05) is 55.5 Å². The number of aliphatic carboxylic acids is 1. The molecule has 78 heavy (non-hydrogen) atoms. The first-order chi connectivity index (χ1) is 37.1. The number of hydrogen-bond donors (Lipinski definition) is 14. The number of hydrogen-bond acceptors (Lipinski definition) is 15. The van der Waals surface area contributed by atoms with Crippen LogP contribution in [0.2, 0.25) is 0 Å². The third-order valence-corrected chi connectivity index (χ3v) is 12.6. The third kappa shape index (κ3) is 40.4. The van der Waals surface area contributed by atoms with Gasteiger partial charge in [0.25, 0.3) is 0 Å². The quantitative estimate of drug-likeness (QED) is 0.0146. The fourth-order valence-electron chi connectivity index (χ4n) is 7.63. The van der Waals surface area contributed by atoms with Crippen LogP contribution in [-0.4, -0.2) is 158 Å². The lowest BCUT2D eigenvalue weighted by atomic mass is 9.88. The fourth-order valence-corrected chi connectivity index (χ4v) is 7.63. The van der Waals surface area contributed by atoms with Crippen LogP contribution in [0, 0.1) is 17.8 Å². The molecule has 16 nitrogen and oxygen atoms in total. The summed E-state index contributed by atoms with van der Waals surface area (Å²) < 4.78 is 0. The van der Waals surface area contributed by atoms with E-state index >= 15 is 0 Å². The van der Waals surface area contributed by atoms with E-state index in [9.17, 15) is 70.9 Å². The Hall–Kier alpha value is -4.76. The summed E-state index contributed by atoms with van der Waals surface area (Å²) in [4.78, 5) is 23.5. The Morgan fingerprint density at radius 3 is 1.45 bits per heavy atom. The van der Waals surface area contributed by atoms with Crippen LogP contribution in [0.4, 0.5) is 0 Å². The molecule has 15 unspecified atom stereocenters. The number of unbranched alkanes of at least 4 members (excludes halogenated alkanes) is 1. The normalized spacial score (nSPS) is 19.5. The van der Waals surface area contributed by atoms with Crippen LogP contribution in [0.15, 0.2) is 157 Å². The highest BCUT2D eigenvalue weighted by Gasteiger charge is 2.25. The minimum absolute atomic E-state index is 0.0233. The van der Waals surface area contributed by atoms with E-state index in [-0.39, 0.29) is 87.4 Å². The van der Waals surface area contributed by atoms with Gasteiger partial charge < -0.3 is 72.1 Å². The average Bonchev–Trinajstić information content (AvgIpc) is 3.37. The number of Topliss-reactive ketones (excluding diaryl/α,β-unsaturated/α-hetero) is 1. The molecule has 0 aromatic heterocycles. The van der Waals surface area contributed by atoms with Crippen molar-refractivity contribution in [2.24, 2.45) is 23.5 Å². The number of allylic oxidation sites excluding steroid dienone is 16. The molecule has 0 amide bonds. The molecule has 16 heteroatoms. The Bertz CT molecular complexity index is 2000. The molecule has 0 rings (SSSR count). The van der Waals surface area contributed by atoms with E-state index in [1.54, 1.807) is 80.7 Å². The fraction of sp³-hybridized carbons (Fsp3) is 0.548. The Labute approximate surface area is 464 Å². The van der Waals surface area contributed by atoms with Crippen LogP contribution in [0.1, 0.15) is 118 Å². The average molecular weight is 1100 g/mol. The molecule has 15 N–H and O–H groups in total. The zero-order valence-electron chi connectivity index (χ0n) is 46.4. The Morgan fingerprint density at radius 2 is 0.910 bits per heavy atom. The van der Waals surface area contributed by atoms with Gasteiger partial charge in [-0.3, -0.25) is 4.79 Å². The highest BCUT2D eigenvalue weighted by Crippen LogP contribution is 2.20. The molecule has 0 aromatic carbocycles. The number of ketones is 1. The molecular formula is C62H97NO15. The minimum atomic E-state index is -1.17. The van der Waals surface area contributed by atoms with Gasteiger partial charge in [-0.2, -0.15) is 0 Å². The van der Waals surface area contributed by atoms with Crippen molar-refractivity contribution in [2.75, 3.05) is 6.54 Å². The number of carbonyl (C=O) groups excluding carboxylic acids is 1.